The Kier molecular flexibility index (Phi) is 5.19. The standard InChI is InChI=1S/C18H27NO2S/c20-22(21)12-6-11-17(14-22)19-18(16-9-4-5-10-16)13-15-7-2-1-3-8-15/h1-3,7-8,16-19H,4-6,9-14H2/t17-,18-/m1/s1. The Morgan fingerprint density at radius 2 is 1.77 bits per heavy atom. The van der Waals surface area contributed by atoms with Crippen molar-refractivity contribution in [3.05, 3.63) is 35.9 Å². The van der Waals surface area contributed by atoms with Crippen LogP contribution in [0.1, 0.15) is 44.1 Å². The van der Waals surface area contributed by atoms with E-state index < -0.39 is 9.84 Å². The molecule has 3 rings (SSSR count). The molecule has 1 saturated carbocycles. The molecule has 122 valence electrons. The summed E-state index contributed by atoms with van der Waals surface area (Å²) >= 11 is 0. The van der Waals surface area contributed by atoms with Crippen LogP contribution in [-0.4, -0.2) is 32.0 Å². The minimum absolute atomic E-state index is 0.146. The lowest BCUT2D eigenvalue weighted by Gasteiger charge is -2.32. The van der Waals surface area contributed by atoms with Crippen molar-refractivity contribution in [1.82, 2.24) is 5.32 Å². The second kappa shape index (κ2) is 7.14. The van der Waals surface area contributed by atoms with Crippen LogP contribution in [-0.2, 0) is 16.3 Å². The molecule has 0 radical (unpaired) electrons. The molecule has 3 nitrogen and oxygen atoms in total. The number of sulfone groups is 1. The molecule has 1 N–H and O–H groups in total. The first-order chi connectivity index (χ1) is 10.6. The molecule has 1 aromatic rings. The molecule has 1 saturated heterocycles. The summed E-state index contributed by atoms with van der Waals surface area (Å²) in [5, 5.41) is 3.72. The predicted octanol–water partition coefficient (Wildman–Crippen LogP) is 2.95. The number of hydrogen-bond donors (Lipinski definition) is 1. The number of rotatable bonds is 5. The topological polar surface area (TPSA) is 46.2 Å². The van der Waals surface area contributed by atoms with E-state index in [0.717, 1.165) is 19.3 Å². The third kappa shape index (κ3) is 4.32. The van der Waals surface area contributed by atoms with Crippen molar-refractivity contribution in [3.8, 4) is 0 Å². The highest BCUT2D eigenvalue weighted by atomic mass is 32.2. The summed E-state index contributed by atoms with van der Waals surface area (Å²) in [6.45, 7) is 0. The van der Waals surface area contributed by atoms with Crippen LogP contribution in [0.4, 0.5) is 0 Å². The lowest BCUT2D eigenvalue weighted by molar-refractivity contribution is 0.316. The maximum absolute atomic E-state index is 11.9. The average Bonchev–Trinajstić information content (AvgIpc) is 3.01. The van der Waals surface area contributed by atoms with Gasteiger partial charge in [0.25, 0.3) is 0 Å². The average molecular weight is 321 g/mol. The van der Waals surface area contributed by atoms with Crippen LogP contribution in [0.25, 0.3) is 0 Å². The molecule has 1 heterocycles. The first-order valence-electron chi connectivity index (χ1n) is 8.63. The van der Waals surface area contributed by atoms with E-state index in [1.807, 2.05) is 0 Å². The first kappa shape index (κ1) is 16.0. The largest absolute Gasteiger partial charge is 0.310 e. The quantitative estimate of drug-likeness (QED) is 0.907. The highest BCUT2D eigenvalue weighted by Crippen LogP contribution is 2.30. The van der Waals surface area contributed by atoms with Crippen LogP contribution in [0, 0.1) is 5.92 Å². The second-order valence-corrected chi connectivity index (χ2v) is 9.19. The molecule has 2 aliphatic rings. The van der Waals surface area contributed by atoms with Crippen LogP contribution in [0.2, 0.25) is 0 Å². The van der Waals surface area contributed by atoms with Crippen molar-refractivity contribution in [2.24, 2.45) is 5.92 Å². The minimum atomic E-state index is -2.84. The fourth-order valence-corrected chi connectivity index (χ4v) is 5.70. The number of benzene rings is 1. The Balaban J connectivity index is 1.68. The van der Waals surface area contributed by atoms with Gasteiger partial charge in [-0.3, -0.25) is 0 Å². The summed E-state index contributed by atoms with van der Waals surface area (Å²) < 4.78 is 23.8. The monoisotopic (exact) mass is 321 g/mol. The van der Waals surface area contributed by atoms with Gasteiger partial charge in [-0.2, -0.15) is 0 Å². The van der Waals surface area contributed by atoms with E-state index in [0.29, 0.717) is 23.5 Å². The lowest BCUT2D eigenvalue weighted by atomic mass is 9.91. The number of hydrogen-bond acceptors (Lipinski definition) is 3. The zero-order chi connectivity index (χ0) is 15.4. The second-order valence-electron chi connectivity index (χ2n) is 6.96. The van der Waals surface area contributed by atoms with Crippen molar-refractivity contribution in [2.75, 3.05) is 11.5 Å². The highest BCUT2D eigenvalue weighted by molar-refractivity contribution is 7.91. The molecule has 22 heavy (non-hydrogen) atoms. The molecule has 0 amide bonds. The molecule has 2 atom stereocenters. The van der Waals surface area contributed by atoms with Gasteiger partial charge >= 0.3 is 0 Å². The van der Waals surface area contributed by atoms with Gasteiger partial charge in [-0.1, -0.05) is 43.2 Å². The van der Waals surface area contributed by atoms with E-state index in [1.54, 1.807) is 0 Å². The SMILES string of the molecule is O=S1(=O)CCC[C@@H](N[C@H](Cc2ccccc2)C2CCCC2)C1. The first-order valence-corrected chi connectivity index (χ1v) is 10.4. The maximum atomic E-state index is 11.9. The van der Waals surface area contributed by atoms with Gasteiger partial charge in [-0.05, 0) is 43.6 Å². The highest BCUT2D eigenvalue weighted by Gasteiger charge is 2.30. The van der Waals surface area contributed by atoms with Crippen LogP contribution in [0.15, 0.2) is 30.3 Å². The summed E-state index contributed by atoms with van der Waals surface area (Å²) in [5.41, 5.74) is 1.35. The Labute approximate surface area is 134 Å². The fraction of sp³-hybridized carbons (Fsp3) is 0.667. The summed E-state index contributed by atoms with van der Waals surface area (Å²) in [7, 11) is -2.84. The fourth-order valence-electron chi connectivity index (χ4n) is 4.05. The zero-order valence-corrected chi connectivity index (χ0v) is 14.0. The molecular weight excluding hydrogens is 294 g/mol. The normalized spacial score (nSPS) is 26.8. The van der Waals surface area contributed by atoms with Crippen LogP contribution >= 0.6 is 0 Å². The van der Waals surface area contributed by atoms with Gasteiger partial charge < -0.3 is 5.32 Å². The molecular formula is C18H27NO2S. The molecule has 0 bridgehead atoms. The molecule has 0 unspecified atom stereocenters. The van der Waals surface area contributed by atoms with Crippen molar-refractivity contribution < 1.29 is 8.42 Å². The third-order valence-electron chi connectivity index (χ3n) is 5.18. The molecule has 1 aliphatic carbocycles. The molecule has 0 aromatic heterocycles. The van der Waals surface area contributed by atoms with Gasteiger partial charge in [-0.15, -0.1) is 0 Å². The Morgan fingerprint density at radius 1 is 1.05 bits per heavy atom. The van der Waals surface area contributed by atoms with E-state index in [4.69, 9.17) is 0 Å². The lowest BCUT2D eigenvalue weighted by Crippen LogP contribution is -2.48. The summed E-state index contributed by atoms with van der Waals surface area (Å²) in [6.07, 6.45) is 8.02. The van der Waals surface area contributed by atoms with E-state index in [-0.39, 0.29) is 6.04 Å². The number of nitrogens with one attached hydrogen (secondary N) is 1. The van der Waals surface area contributed by atoms with Crippen molar-refractivity contribution in [3.63, 3.8) is 0 Å². The van der Waals surface area contributed by atoms with E-state index in [1.165, 1.54) is 31.2 Å². The summed E-state index contributed by atoms with van der Waals surface area (Å²) in [6, 6.07) is 11.2. The van der Waals surface area contributed by atoms with Gasteiger partial charge in [0.1, 0.15) is 0 Å². The summed E-state index contributed by atoms with van der Waals surface area (Å²) in [4.78, 5) is 0. The zero-order valence-electron chi connectivity index (χ0n) is 13.2. The van der Waals surface area contributed by atoms with Gasteiger partial charge in [0.15, 0.2) is 9.84 Å². The summed E-state index contributed by atoms with van der Waals surface area (Å²) in [5.74, 6) is 1.40. The Hall–Kier alpha value is -0.870. The molecule has 4 heteroatoms. The van der Waals surface area contributed by atoms with Crippen molar-refractivity contribution in [2.45, 2.75) is 57.0 Å². The predicted molar refractivity (Wildman–Crippen MR) is 90.7 cm³/mol. The van der Waals surface area contributed by atoms with Gasteiger partial charge in [0.05, 0.1) is 11.5 Å². The van der Waals surface area contributed by atoms with E-state index >= 15 is 0 Å². The maximum Gasteiger partial charge on any atom is 0.151 e. The smallest absolute Gasteiger partial charge is 0.151 e. The van der Waals surface area contributed by atoms with E-state index in [2.05, 4.69) is 35.6 Å². The van der Waals surface area contributed by atoms with Crippen molar-refractivity contribution >= 4 is 9.84 Å². The molecule has 1 aromatic carbocycles. The van der Waals surface area contributed by atoms with Crippen LogP contribution in [0.5, 0.6) is 0 Å². The molecule has 2 fully saturated rings. The van der Waals surface area contributed by atoms with Gasteiger partial charge in [-0.25, -0.2) is 8.42 Å². The Bertz CT molecular complexity index is 564. The van der Waals surface area contributed by atoms with Crippen LogP contribution < -0.4 is 5.32 Å². The third-order valence-corrected chi connectivity index (χ3v) is 7.00. The molecule has 1 aliphatic heterocycles. The molecule has 0 spiro atoms. The van der Waals surface area contributed by atoms with Gasteiger partial charge in [0.2, 0.25) is 0 Å². The minimum Gasteiger partial charge on any atom is -0.310 e. The van der Waals surface area contributed by atoms with E-state index in [9.17, 15) is 8.42 Å². The van der Waals surface area contributed by atoms with Crippen molar-refractivity contribution in [1.29, 1.82) is 0 Å². The Morgan fingerprint density at radius 3 is 2.45 bits per heavy atom. The van der Waals surface area contributed by atoms with Gasteiger partial charge in [0, 0.05) is 12.1 Å². The van der Waals surface area contributed by atoms with Crippen LogP contribution in [0.3, 0.4) is 0 Å².